The lowest BCUT2D eigenvalue weighted by molar-refractivity contribution is 0.198. The molecule has 0 aliphatic carbocycles. The molecule has 0 spiro atoms. The lowest BCUT2D eigenvalue weighted by atomic mass is 10.1. The van der Waals surface area contributed by atoms with Crippen molar-refractivity contribution < 1.29 is 14.2 Å². The minimum absolute atomic E-state index is 0.292. The van der Waals surface area contributed by atoms with Crippen LogP contribution in [0.4, 0.5) is 4.39 Å². The molecule has 19 heavy (non-hydrogen) atoms. The summed E-state index contributed by atoms with van der Waals surface area (Å²) in [6.45, 7) is 2.05. The minimum atomic E-state index is -0.525. The van der Waals surface area contributed by atoms with E-state index in [9.17, 15) is 9.50 Å². The van der Waals surface area contributed by atoms with Crippen molar-refractivity contribution in [2.75, 3.05) is 0 Å². The van der Waals surface area contributed by atoms with E-state index in [0.717, 1.165) is 11.1 Å². The molecule has 2 aromatic rings. The molecule has 0 saturated carbocycles. The number of benzene rings is 2. The number of ether oxygens (including phenoxy) is 1. The topological polar surface area (TPSA) is 29.5 Å². The van der Waals surface area contributed by atoms with Gasteiger partial charge in [-0.3, -0.25) is 0 Å². The lowest BCUT2D eigenvalue weighted by Gasteiger charge is -2.10. The molecular weight excluding hydrogens is 311 g/mol. The van der Waals surface area contributed by atoms with Gasteiger partial charge in [-0.15, -0.1) is 0 Å². The summed E-state index contributed by atoms with van der Waals surface area (Å²) >= 11 is 3.14. The maximum Gasteiger partial charge on any atom is 0.137 e. The Bertz CT molecular complexity index is 570. The van der Waals surface area contributed by atoms with Crippen LogP contribution in [0.15, 0.2) is 46.9 Å². The van der Waals surface area contributed by atoms with Crippen LogP contribution in [0.5, 0.6) is 5.75 Å². The van der Waals surface area contributed by atoms with E-state index in [1.807, 2.05) is 18.2 Å². The smallest absolute Gasteiger partial charge is 0.137 e. The molecule has 2 aromatic carbocycles. The molecule has 0 aromatic heterocycles. The predicted molar refractivity (Wildman–Crippen MR) is 75.5 cm³/mol. The predicted octanol–water partition coefficient (Wildman–Crippen LogP) is 4.22. The Kier molecular flexibility index (Phi) is 4.56. The number of halogens is 2. The molecule has 2 rings (SSSR count). The molecule has 0 amide bonds. The van der Waals surface area contributed by atoms with Gasteiger partial charge in [0.15, 0.2) is 0 Å². The Morgan fingerprint density at radius 1 is 1.26 bits per heavy atom. The number of aliphatic hydroxyl groups is 1. The third kappa shape index (κ3) is 3.78. The fourth-order valence-corrected chi connectivity index (χ4v) is 2.09. The first-order valence-electron chi connectivity index (χ1n) is 5.91. The van der Waals surface area contributed by atoms with Crippen molar-refractivity contribution in [2.45, 2.75) is 19.6 Å². The van der Waals surface area contributed by atoms with Gasteiger partial charge >= 0.3 is 0 Å². The van der Waals surface area contributed by atoms with E-state index in [0.29, 0.717) is 16.8 Å². The second-order valence-corrected chi connectivity index (χ2v) is 5.14. The maximum absolute atomic E-state index is 13.1. The SMILES string of the molecule is CC(O)c1cccc(OCc2ccc(F)c(Br)c2)c1. The average molecular weight is 325 g/mol. The van der Waals surface area contributed by atoms with Gasteiger partial charge in [0.25, 0.3) is 0 Å². The summed E-state index contributed by atoms with van der Waals surface area (Å²) in [7, 11) is 0. The summed E-state index contributed by atoms with van der Waals surface area (Å²) in [5, 5.41) is 9.50. The number of rotatable bonds is 4. The molecule has 0 aliphatic rings. The van der Waals surface area contributed by atoms with Gasteiger partial charge in [-0.25, -0.2) is 4.39 Å². The van der Waals surface area contributed by atoms with Crippen molar-refractivity contribution in [3.05, 3.63) is 63.9 Å². The third-order valence-corrected chi connectivity index (χ3v) is 3.34. The van der Waals surface area contributed by atoms with E-state index in [-0.39, 0.29) is 5.82 Å². The Labute approximate surface area is 120 Å². The van der Waals surface area contributed by atoms with E-state index in [1.165, 1.54) is 6.07 Å². The zero-order valence-electron chi connectivity index (χ0n) is 10.4. The minimum Gasteiger partial charge on any atom is -0.489 e. The molecule has 0 bridgehead atoms. The van der Waals surface area contributed by atoms with Crippen molar-refractivity contribution in [1.29, 1.82) is 0 Å². The average Bonchev–Trinajstić information content (AvgIpc) is 2.40. The number of hydrogen-bond donors (Lipinski definition) is 1. The van der Waals surface area contributed by atoms with Crippen molar-refractivity contribution in [2.24, 2.45) is 0 Å². The fraction of sp³-hybridized carbons (Fsp3) is 0.200. The van der Waals surface area contributed by atoms with Crippen LogP contribution in [0.2, 0.25) is 0 Å². The van der Waals surface area contributed by atoms with Crippen LogP contribution in [0.3, 0.4) is 0 Å². The van der Waals surface area contributed by atoms with Crippen molar-refractivity contribution in [3.8, 4) is 5.75 Å². The van der Waals surface area contributed by atoms with Gasteiger partial charge in [0.1, 0.15) is 18.2 Å². The van der Waals surface area contributed by atoms with Crippen LogP contribution < -0.4 is 4.74 Å². The highest BCUT2D eigenvalue weighted by atomic mass is 79.9. The van der Waals surface area contributed by atoms with Gasteiger partial charge in [-0.2, -0.15) is 0 Å². The van der Waals surface area contributed by atoms with E-state index in [2.05, 4.69) is 15.9 Å². The Morgan fingerprint density at radius 3 is 2.74 bits per heavy atom. The van der Waals surface area contributed by atoms with Gasteiger partial charge in [-0.1, -0.05) is 18.2 Å². The van der Waals surface area contributed by atoms with Crippen molar-refractivity contribution in [1.82, 2.24) is 0 Å². The molecule has 100 valence electrons. The van der Waals surface area contributed by atoms with Crippen molar-refractivity contribution in [3.63, 3.8) is 0 Å². The quantitative estimate of drug-likeness (QED) is 0.912. The molecular formula is C15H14BrFO2. The molecule has 0 fully saturated rings. The normalized spacial score (nSPS) is 12.2. The molecule has 1 N–H and O–H groups in total. The lowest BCUT2D eigenvalue weighted by Crippen LogP contribution is -1.97. The first-order valence-corrected chi connectivity index (χ1v) is 6.70. The van der Waals surface area contributed by atoms with Crippen LogP contribution >= 0.6 is 15.9 Å². The molecule has 2 nitrogen and oxygen atoms in total. The van der Waals surface area contributed by atoms with E-state index in [1.54, 1.807) is 25.1 Å². The Morgan fingerprint density at radius 2 is 2.05 bits per heavy atom. The van der Waals surface area contributed by atoms with Gasteiger partial charge in [-0.05, 0) is 58.2 Å². The standard InChI is InChI=1S/C15H14BrFO2/c1-10(18)12-3-2-4-13(8-12)19-9-11-5-6-15(17)14(16)7-11/h2-8,10,18H,9H2,1H3. The zero-order valence-corrected chi connectivity index (χ0v) is 12.0. The number of aliphatic hydroxyl groups excluding tert-OH is 1. The van der Waals surface area contributed by atoms with E-state index in [4.69, 9.17) is 4.74 Å². The van der Waals surface area contributed by atoms with Gasteiger partial charge in [0.2, 0.25) is 0 Å². The highest BCUT2D eigenvalue weighted by Gasteiger charge is 2.04. The van der Waals surface area contributed by atoms with Crippen molar-refractivity contribution >= 4 is 15.9 Å². The summed E-state index contributed by atoms with van der Waals surface area (Å²) in [5.74, 6) is 0.388. The number of hydrogen-bond acceptors (Lipinski definition) is 2. The van der Waals surface area contributed by atoms with E-state index < -0.39 is 6.10 Å². The second-order valence-electron chi connectivity index (χ2n) is 4.29. The zero-order chi connectivity index (χ0) is 13.8. The van der Waals surface area contributed by atoms with E-state index >= 15 is 0 Å². The summed E-state index contributed by atoms with van der Waals surface area (Å²) < 4.78 is 19.1. The molecule has 4 heteroatoms. The highest BCUT2D eigenvalue weighted by molar-refractivity contribution is 9.10. The third-order valence-electron chi connectivity index (χ3n) is 2.73. The van der Waals surface area contributed by atoms with Gasteiger partial charge in [0.05, 0.1) is 10.6 Å². The maximum atomic E-state index is 13.1. The molecule has 0 saturated heterocycles. The Balaban J connectivity index is 2.05. The summed E-state index contributed by atoms with van der Waals surface area (Å²) in [5.41, 5.74) is 1.67. The molecule has 1 atom stereocenters. The highest BCUT2D eigenvalue weighted by Crippen LogP contribution is 2.21. The summed E-state index contributed by atoms with van der Waals surface area (Å²) in [6, 6.07) is 12.1. The Hall–Kier alpha value is -1.39. The first kappa shape index (κ1) is 14.0. The van der Waals surface area contributed by atoms with Crippen LogP contribution in [0, 0.1) is 5.82 Å². The van der Waals surface area contributed by atoms with Crippen LogP contribution in [0.1, 0.15) is 24.2 Å². The first-order chi connectivity index (χ1) is 9.06. The molecule has 0 heterocycles. The summed E-state index contributed by atoms with van der Waals surface area (Å²) in [4.78, 5) is 0. The summed E-state index contributed by atoms with van der Waals surface area (Å²) in [6.07, 6.45) is -0.525. The molecule has 0 radical (unpaired) electrons. The second kappa shape index (κ2) is 6.17. The van der Waals surface area contributed by atoms with Crippen LogP contribution in [-0.4, -0.2) is 5.11 Å². The largest absolute Gasteiger partial charge is 0.489 e. The monoisotopic (exact) mass is 324 g/mol. The van der Waals surface area contributed by atoms with Crippen LogP contribution in [0.25, 0.3) is 0 Å². The van der Waals surface area contributed by atoms with Crippen LogP contribution in [-0.2, 0) is 6.61 Å². The molecule has 0 aliphatic heterocycles. The fourth-order valence-electron chi connectivity index (χ4n) is 1.66. The van der Waals surface area contributed by atoms with Gasteiger partial charge < -0.3 is 9.84 Å². The molecule has 1 unspecified atom stereocenters. The van der Waals surface area contributed by atoms with Gasteiger partial charge in [0, 0.05) is 0 Å².